The summed E-state index contributed by atoms with van der Waals surface area (Å²) in [6, 6.07) is 1.28. The Labute approximate surface area is 151 Å². The number of nitrogens with zero attached hydrogens (tertiary/aromatic N) is 3. The number of hydrogen-bond acceptors (Lipinski definition) is 6. The van der Waals surface area contributed by atoms with E-state index in [1.165, 1.54) is 0 Å². The Morgan fingerprint density at radius 3 is 2.65 bits per heavy atom. The van der Waals surface area contributed by atoms with Crippen molar-refractivity contribution in [2.45, 2.75) is 40.5 Å². The monoisotopic (exact) mass is 361 g/mol. The second-order valence-electron chi connectivity index (χ2n) is 5.89. The Morgan fingerprint density at radius 1 is 1.23 bits per heavy atom. The van der Waals surface area contributed by atoms with Crippen LogP contribution >= 0.6 is 0 Å². The highest BCUT2D eigenvalue weighted by Gasteiger charge is 2.14. The first-order valence-electron chi connectivity index (χ1n) is 8.37. The molecule has 0 aromatic carbocycles. The van der Waals surface area contributed by atoms with Crippen molar-refractivity contribution in [1.82, 2.24) is 25.2 Å². The fourth-order valence-electron chi connectivity index (χ4n) is 2.62. The van der Waals surface area contributed by atoms with Crippen LogP contribution in [-0.4, -0.2) is 45.7 Å². The molecule has 0 bridgehead atoms. The second kappa shape index (κ2) is 8.41. The summed E-state index contributed by atoms with van der Waals surface area (Å²) in [5, 5.41) is 8.87. The maximum absolute atomic E-state index is 11.9. The van der Waals surface area contributed by atoms with Gasteiger partial charge < -0.3 is 10.1 Å². The van der Waals surface area contributed by atoms with Crippen LogP contribution < -0.4 is 10.6 Å². The van der Waals surface area contributed by atoms with Gasteiger partial charge in [0, 0.05) is 30.4 Å². The molecule has 0 aliphatic carbocycles. The van der Waals surface area contributed by atoms with Gasteiger partial charge in [-0.15, -0.1) is 0 Å². The van der Waals surface area contributed by atoms with E-state index < -0.39 is 24.5 Å². The normalized spacial score (nSPS) is 10.6. The largest absolute Gasteiger partial charge is 0.456 e. The number of rotatable bonds is 6. The summed E-state index contributed by atoms with van der Waals surface area (Å²) in [5.74, 6) is -1.20. The number of urea groups is 1. The van der Waals surface area contributed by atoms with E-state index in [9.17, 15) is 14.4 Å². The quantitative estimate of drug-likeness (QED) is 0.741. The average molecular weight is 361 g/mol. The number of esters is 1. The van der Waals surface area contributed by atoms with E-state index >= 15 is 0 Å². The van der Waals surface area contributed by atoms with E-state index in [1.54, 1.807) is 11.4 Å². The molecule has 2 aromatic heterocycles. The third-order valence-corrected chi connectivity index (χ3v) is 3.82. The third-order valence-electron chi connectivity index (χ3n) is 3.82. The number of ether oxygens (including phenoxy) is 1. The molecule has 2 rings (SSSR count). The smallest absolute Gasteiger partial charge is 0.321 e. The molecule has 2 N–H and O–H groups in total. The molecule has 140 valence electrons. The number of fused-ring (bicyclic) bond motifs is 1. The first-order chi connectivity index (χ1) is 12.3. The number of carbonyl (C=O) groups excluding carboxylic acids is 3. The first-order valence-corrected chi connectivity index (χ1v) is 8.37. The zero-order chi connectivity index (χ0) is 19.3. The molecule has 0 radical (unpaired) electrons. The lowest BCUT2D eigenvalue weighted by Crippen LogP contribution is -2.41. The molecule has 0 saturated carbocycles. The van der Waals surface area contributed by atoms with Gasteiger partial charge in [-0.2, -0.15) is 5.10 Å². The van der Waals surface area contributed by atoms with Gasteiger partial charge in [-0.05, 0) is 39.7 Å². The van der Waals surface area contributed by atoms with Crippen LogP contribution in [0.5, 0.6) is 0 Å². The third kappa shape index (κ3) is 4.78. The van der Waals surface area contributed by atoms with Gasteiger partial charge in [0.15, 0.2) is 12.3 Å². The van der Waals surface area contributed by atoms with Crippen molar-refractivity contribution < 1.29 is 19.1 Å². The number of hydrogen-bond donors (Lipinski definition) is 2. The SMILES string of the molecule is CCNC(=O)NC(=O)COC(=O)CCc1c(C)nc2cc(C)nn2c1C. The number of amides is 3. The Bertz CT molecular complexity index is 843. The maximum atomic E-state index is 11.9. The van der Waals surface area contributed by atoms with Crippen LogP contribution in [0.25, 0.3) is 5.65 Å². The van der Waals surface area contributed by atoms with Crippen LogP contribution in [0.1, 0.15) is 36.0 Å². The molecular formula is C17H23N5O4. The summed E-state index contributed by atoms with van der Waals surface area (Å²) in [6.07, 6.45) is 0.528. The van der Waals surface area contributed by atoms with Gasteiger partial charge in [0.25, 0.3) is 5.91 Å². The number of carbonyl (C=O) groups is 3. The molecule has 0 saturated heterocycles. The minimum Gasteiger partial charge on any atom is -0.456 e. The lowest BCUT2D eigenvalue weighted by molar-refractivity contribution is -0.148. The number of nitrogens with one attached hydrogen (secondary N) is 2. The van der Waals surface area contributed by atoms with Crippen molar-refractivity contribution in [1.29, 1.82) is 0 Å². The van der Waals surface area contributed by atoms with Crippen molar-refractivity contribution in [3.05, 3.63) is 28.7 Å². The van der Waals surface area contributed by atoms with Gasteiger partial charge in [-0.25, -0.2) is 14.3 Å². The topological polar surface area (TPSA) is 115 Å². The van der Waals surface area contributed by atoms with Crippen LogP contribution in [0.15, 0.2) is 6.07 Å². The second-order valence-corrected chi connectivity index (χ2v) is 5.89. The highest BCUT2D eigenvalue weighted by molar-refractivity contribution is 5.95. The predicted molar refractivity (Wildman–Crippen MR) is 93.7 cm³/mol. The molecule has 0 spiro atoms. The van der Waals surface area contributed by atoms with E-state index in [2.05, 4.69) is 20.7 Å². The van der Waals surface area contributed by atoms with Crippen LogP contribution in [0.3, 0.4) is 0 Å². The molecule has 2 heterocycles. The molecule has 3 amide bonds. The van der Waals surface area contributed by atoms with E-state index in [4.69, 9.17) is 4.74 Å². The summed E-state index contributed by atoms with van der Waals surface area (Å²) in [6.45, 7) is 7.33. The van der Waals surface area contributed by atoms with Gasteiger partial charge >= 0.3 is 12.0 Å². The predicted octanol–water partition coefficient (Wildman–Crippen LogP) is 0.976. The minimum absolute atomic E-state index is 0.101. The molecule has 0 atom stereocenters. The van der Waals surface area contributed by atoms with Crippen LogP contribution in [0, 0.1) is 20.8 Å². The average Bonchev–Trinajstić information content (AvgIpc) is 2.93. The summed E-state index contributed by atoms with van der Waals surface area (Å²) in [5.41, 5.74) is 4.31. The van der Waals surface area contributed by atoms with Crippen molar-refractivity contribution >= 4 is 23.6 Å². The Hall–Kier alpha value is -2.97. The van der Waals surface area contributed by atoms with Gasteiger partial charge in [-0.3, -0.25) is 14.9 Å². The van der Waals surface area contributed by atoms with Gasteiger partial charge in [0.05, 0.1) is 5.69 Å². The lowest BCUT2D eigenvalue weighted by atomic mass is 10.1. The summed E-state index contributed by atoms with van der Waals surface area (Å²) in [7, 11) is 0. The first kappa shape index (κ1) is 19.4. The van der Waals surface area contributed by atoms with E-state index in [0.717, 1.165) is 28.3 Å². The molecular weight excluding hydrogens is 338 g/mol. The van der Waals surface area contributed by atoms with Gasteiger partial charge in [0.1, 0.15) is 0 Å². The zero-order valence-electron chi connectivity index (χ0n) is 15.4. The number of aryl methyl sites for hydroxylation is 3. The van der Waals surface area contributed by atoms with Gasteiger partial charge in [0.2, 0.25) is 0 Å². The molecule has 0 unspecified atom stereocenters. The fraction of sp³-hybridized carbons (Fsp3) is 0.471. The molecule has 9 heteroatoms. The minimum atomic E-state index is -0.674. The molecule has 2 aromatic rings. The zero-order valence-corrected chi connectivity index (χ0v) is 15.4. The Kier molecular flexibility index (Phi) is 6.26. The lowest BCUT2D eigenvalue weighted by Gasteiger charge is -2.11. The highest BCUT2D eigenvalue weighted by Crippen LogP contribution is 2.17. The maximum Gasteiger partial charge on any atom is 0.321 e. The van der Waals surface area contributed by atoms with Crippen molar-refractivity contribution in [3.63, 3.8) is 0 Å². The Balaban J connectivity index is 1.90. The molecule has 0 aliphatic rings. The van der Waals surface area contributed by atoms with E-state index in [0.29, 0.717) is 13.0 Å². The van der Waals surface area contributed by atoms with Gasteiger partial charge in [-0.1, -0.05) is 0 Å². The molecule has 0 aliphatic heterocycles. The summed E-state index contributed by atoms with van der Waals surface area (Å²) in [4.78, 5) is 39.1. The highest BCUT2D eigenvalue weighted by atomic mass is 16.5. The molecule has 26 heavy (non-hydrogen) atoms. The van der Waals surface area contributed by atoms with E-state index in [1.807, 2.05) is 26.8 Å². The molecule has 9 nitrogen and oxygen atoms in total. The summed E-state index contributed by atoms with van der Waals surface area (Å²) >= 11 is 0. The fourth-order valence-corrected chi connectivity index (χ4v) is 2.62. The van der Waals surface area contributed by atoms with Crippen molar-refractivity contribution in [2.75, 3.05) is 13.2 Å². The molecule has 0 fully saturated rings. The van der Waals surface area contributed by atoms with Crippen LogP contribution in [0.2, 0.25) is 0 Å². The Morgan fingerprint density at radius 2 is 1.96 bits per heavy atom. The van der Waals surface area contributed by atoms with Crippen LogP contribution in [0.4, 0.5) is 4.79 Å². The van der Waals surface area contributed by atoms with Crippen molar-refractivity contribution in [2.24, 2.45) is 0 Å². The number of imide groups is 1. The number of aromatic nitrogens is 3. The van der Waals surface area contributed by atoms with E-state index in [-0.39, 0.29) is 6.42 Å². The van der Waals surface area contributed by atoms with Crippen molar-refractivity contribution in [3.8, 4) is 0 Å². The standard InChI is InChI=1S/C17H23N5O4/c1-5-18-17(25)20-15(23)9-26-16(24)7-6-13-11(3)19-14-8-10(2)21-22(14)12(13)4/h8H,5-7,9H2,1-4H3,(H2,18,20,23,25). The summed E-state index contributed by atoms with van der Waals surface area (Å²) < 4.78 is 6.65. The van der Waals surface area contributed by atoms with Crippen LogP contribution in [-0.2, 0) is 20.7 Å².